The van der Waals surface area contributed by atoms with E-state index < -0.39 is 5.97 Å². The summed E-state index contributed by atoms with van der Waals surface area (Å²) in [4.78, 5) is 14.2. The van der Waals surface area contributed by atoms with E-state index in [1.165, 1.54) is 70.6 Å². The lowest BCUT2D eigenvalue weighted by atomic mass is 10.0. The Morgan fingerprint density at radius 3 is 1.89 bits per heavy atom. The molecule has 35 heavy (non-hydrogen) atoms. The van der Waals surface area contributed by atoms with E-state index in [1.807, 2.05) is 25.9 Å². The van der Waals surface area contributed by atoms with Crippen molar-refractivity contribution in [3.63, 3.8) is 0 Å². The van der Waals surface area contributed by atoms with Crippen LogP contribution >= 0.6 is 0 Å². The fraction of sp³-hybridized carbons (Fsp3) is 0.966. The zero-order chi connectivity index (χ0) is 25.8. The van der Waals surface area contributed by atoms with E-state index in [9.17, 15) is 9.90 Å². The highest BCUT2D eigenvalue weighted by atomic mass is 16.8. The van der Waals surface area contributed by atoms with Crippen LogP contribution in [0.25, 0.3) is 0 Å². The summed E-state index contributed by atoms with van der Waals surface area (Å²) >= 11 is 0. The summed E-state index contributed by atoms with van der Waals surface area (Å²) in [6.07, 6.45) is 20.0. The van der Waals surface area contributed by atoms with Crippen LogP contribution in [0.2, 0.25) is 0 Å². The second-order valence-electron chi connectivity index (χ2n) is 10.8. The Labute approximate surface area is 216 Å². The second kappa shape index (κ2) is 20.4. The van der Waals surface area contributed by atoms with E-state index in [1.54, 1.807) is 0 Å². The molecule has 2 atom stereocenters. The fourth-order valence-electron chi connectivity index (χ4n) is 4.32. The van der Waals surface area contributed by atoms with E-state index in [4.69, 9.17) is 14.2 Å². The minimum atomic E-state index is -1.57. The summed E-state index contributed by atoms with van der Waals surface area (Å²) in [5, 5.41) is 10.6. The number of hydrogen-bond donors (Lipinski definition) is 1. The van der Waals surface area contributed by atoms with Gasteiger partial charge in [-0.1, -0.05) is 90.9 Å². The van der Waals surface area contributed by atoms with E-state index >= 15 is 0 Å². The number of carbonyl (C=O) groups is 1. The van der Waals surface area contributed by atoms with Gasteiger partial charge in [-0.15, -0.1) is 0 Å². The van der Waals surface area contributed by atoms with Crippen LogP contribution in [-0.4, -0.2) is 62.4 Å². The third kappa shape index (κ3) is 18.2. The van der Waals surface area contributed by atoms with Gasteiger partial charge in [0, 0.05) is 25.3 Å². The van der Waals surface area contributed by atoms with Crippen LogP contribution in [0.15, 0.2) is 0 Å². The van der Waals surface area contributed by atoms with E-state index in [0.717, 1.165) is 25.7 Å². The van der Waals surface area contributed by atoms with Crippen molar-refractivity contribution in [1.82, 2.24) is 4.90 Å². The van der Waals surface area contributed by atoms with Crippen molar-refractivity contribution in [3.05, 3.63) is 0 Å². The Morgan fingerprint density at radius 1 is 0.857 bits per heavy atom. The minimum Gasteiger partial charge on any atom is -0.465 e. The summed E-state index contributed by atoms with van der Waals surface area (Å²) < 4.78 is 16.9. The molecule has 0 saturated heterocycles. The standard InChI is InChI=1S/C29H57NO5/c1-5-7-8-9-10-11-12-13-14-15-16-17-18-19-28(31)33-24-27(26-20-21-26)25-35-29(32,6-2)34-23-22-30(3)4/h26-27,32H,5-25H2,1-4H3. The van der Waals surface area contributed by atoms with Crippen molar-refractivity contribution >= 4 is 5.97 Å². The number of carbonyl (C=O) groups excluding carboxylic acids is 1. The maximum Gasteiger partial charge on any atom is 0.305 e. The maximum atomic E-state index is 12.2. The first-order valence-corrected chi connectivity index (χ1v) is 14.7. The number of ether oxygens (including phenoxy) is 3. The van der Waals surface area contributed by atoms with Gasteiger partial charge >= 0.3 is 5.97 Å². The third-order valence-corrected chi connectivity index (χ3v) is 7.07. The first-order valence-electron chi connectivity index (χ1n) is 14.7. The van der Waals surface area contributed by atoms with Gasteiger partial charge in [0.2, 0.25) is 0 Å². The van der Waals surface area contributed by atoms with Crippen molar-refractivity contribution < 1.29 is 24.1 Å². The number of unbranched alkanes of at least 4 members (excludes halogenated alkanes) is 12. The number of hydrogen-bond acceptors (Lipinski definition) is 6. The molecule has 0 aliphatic heterocycles. The first kappa shape index (κ1) is 32.3. The van der Waals surface area contributed by atoms with Gasteiger partial charge in [0.1, 0.15) is 0 Å². The van der Waals surface area contributed by atoms with Gasteiger partial charge in [-0.05, 0) is 39.3 Å². The Balaban J connectivity index is 2.06. The summed E-state index contributed by atoms with van der Waals surface area (Å²) in [7, 11) is 3.93. The highest BCUT2D eigenvalue weighted by molar-refractivity contribution is 5.69. The van der Waals surface area contributed by atoms with Crippen molar-refractivity contribution in [2.45, 2.75) is 129 Å². The Morgan fingerprint density at radius 2 is 1.40 bits per heavy atom. The average molecular weight is 500 g/mol. The summed E-state index contributed by atoms with van der Waals surface area (Å²) in [5.74, 6) is -1.03. The molecule has 0 aromatic rings. The summed E-state index contributed by atoms with van der Waals surface area (Å²) in [5.41, 5.74) is 0. The smallest absolute Gasteiger partial charge is 0.305 e. The first-order chi connectivity index (χ1) is 16.9. The molecule has 1 saturated carbocycles. The number of esters is 1. The molecular weight excluding hydrogens is 442 g/mol. The molecule has 208 valence electrons. The maximum absolute atomic E-state index is 12.2. The van der Waals surface area contributed by atoms with Crippen molar-refractivity contribution in [2.75, 3.05) is 40.5 Å². The van der Waals surface area contributed by atoms with Gasteiger partial charge in [0.05, 0.1) is 19.8 Å². The molecule has 1 rings (SSSR count). The molecule has 2 unspecified atom stereocenters. The van der Waals surface area contributed by atoms with Crippen LogP contribution in [0.4, 0.5) is 0 Å². The Kier molecular flexibility index (Phi) is 18.8. The van der Waals surface area contributed by atoms with Crippen LogP contribution < -0.4 is 0 Å². The average Bonchev–Trinajstić information content (AvgIpc) is 3.67. The van der Waals surface area contributed by atoms with Gasteiger partial charge in [0.25, 0.3) is 5.97 Å². The molecule has 0 spiro atoms. The molecule has 1 fully saturated rings. The molecule has 1 N–H and O–H groups in total. The molecular formula is C29H57NO5. The largest absolute Gasteiger partial charge is 0.465 e. The number of nitrogens with zero attached hydrogens (tertiary/aromatic N) is 1. The fourth-order valence-corrected chi connectivity index (χ4v) is 4.32. The lowest BCUT2D eigenvalue weighted by Crippen LogP contribution is -2.39. The van der Waals surface area contributed by atoms with Crippen molar-refractivity contribution in [3.8, 4) is 0 Å². The Hall–Kier alpha value is -0.690. The molecule has 6 heteroatoms. The molecule has 1 aliphatic rings. The van der Waals surface area contributed by atoms with Crippen molar-refractivity contribution in [1.29, 1.82) is 0 Å². The molecule has 0 bridgehead atoms. The number of aliphatic hydroxyl groups is 1. The van der Waals surface area contributed by atoms with E-state index in [-0.39, 0.29) is 11.9 Å². The van der Waals surface area contributed by atoms with Crippen molar-refractivity contribution in [2.24, 2.45) is 11.8 Å². The third-order valence-electron chi connectivity index (χ3n) is 7.07. The summed E-state index contributed by atoms with van der Waals surface area (Å²) in [6.45, 7) is 5.96. The highest BCUT2D eigenvalue weighted by Gasteiger charge is 2.35. The van der Waals surface area contributed by atoms with Crippen LogP contribution in [0.3, 0.4) is 0 Å². The molecule has 0 aromatic carbocycles. The molecule has 6 nitrogen and oxygen atoms in total. The SMILES string of the molecule is CCCCCCCCCCCCCCCC(=O)OCC(COC(O)(CC)OCCN(C)C)C1CC1. The minimum absolute atomic E-state index is 0.105. The predicted molar refractivity (Wildman–Crippen MR) is 143 cm³/mol. The van der Waals surface area contributed by atoms with Gasteiger partial charge in [-0.3, -0.25) is 4.79 Å². The van der Waals surface area contributed by atoms with Gasteiger partial charge in [-0.25, -0.2) is 0 Å². The quantitative estimate of drug-likeness (QED) is 0.0857. The van der Waals surface area contributed by atoms with E-state index in [2.05, 4.69) is 6.92 Å². The van der Waals surface area contributed by atoms with Gasteiger partial charge in [0.15, 0.2) is 0 Å². The van der Waals surface area contributed by atoms with Crippen LogP contribution in [0.1, 0.15) is 123 Å². The molecule has 0 amide bonds. The van der Waals surface area contributed by atoms with Gasteiger partial charge in [-0.2, -0.15) is 0 Å². The van der Waals surface area contributed by atoms with Crippen LogP contribution in [0, 0.1) is 11.8 Å². The van der Waals surface area contributed by atoms with Crippen LogP contribution in [0.5, 0.6) is 0 Å². The molecule has 1 aliphatic carbocycles. The molecule has 0 aromatic heterocycles. The van der Waals surface area contributed by atoms with E-state index in [0.29, 0.717) is 45.1 Å². The van der Waals surface area contributed by atoms with Crippen LogP contribution in [-0.2, 0) is 19.0 Å². The zero-order valence-electron chi connectivity index (χ0n) is 23.5. The molecule has 0 radical (unpaired) electrons. The normalized spacial score (nSPS) is 16.4. The Bertz CT molecular complexity index is 511. The topological polar surface area (TPSA) is 68.2 Å². The zero-order valence-corrected chi connectivity index (χ0v) is 23.5. The predicted octanol–water partition coefficient (Wildman–Crippen LogP) is 6.69. The second-order valence-corrected chi connectivity index (χ2v) is 10.8. The molecule has 0 heterocycles. The highest BCUT2D eigenvalue weighted by Crippen LogP contribution is 2.38. The van der Waals surface area contributed by atoms with Gasteiger partial charge < -0.3 is 24.2 Å². The number of likely N-dealkylation sites (N-methyl/N-ethyl adjacent to an activating group) is 1. The monoisotopic (exact) mass is 499 g/mol. The number of rotatable bonds is 25. The lowest BCUT2D eigenvalue weighted by Gasteiger charge is -2.29. The lowest BCUT2D eigenvalue weighted by molar-refractivity contribution is -0.365. The summed E-state index contributed by atoms with van der Waals surface area (Å²) in [6, 6.07) is 0.